The molecule has 0 nitrogen and oxygen atoms in total. The molecule has 0 bridgehead atoms. The topological polar surface area (TPSA) is 0 Å². The number of aryl methyl sites for hydroxylation is 1. The number of fused-ring (bicyclic) bond motifs is 3. The molecule has 0 N–H and O–H groups in total. The normalized spacial score (nSPS) is 22.5. The molecule has 0 spiro atoms. The Balaban J connectivity index is 1.36. The molecule has 30 heavy (non-hydrogen) atoms. The van der Waals surface area contributed by atoms with Crippen molar-refractivity contribution < 1.29 is 4.39 Å². The molecule has 1 saturated carbocycles. The minimum absolute atomic E-state index is 0.213. The first kappa shape index (κ1) is 21.2. The highest BCUT2D eigenvalue weighted by atomic mass is 19.1. The fourth-order valence-corrected chi connectivity index (χ4v) is 5.67. The summed E-state index contributed by atoms with van der Waals surface area (Å²) in [6.45, 7) is 2.29. The summed E-state index contributed by atoms with van der Waals surface area (Å²) in [5.41, 5.74) is 5.06. The molecule has 2 aromatic carbocycles. The lowest BCUT2D eigenvalue weighted by molar-refractivity contribution is 0.199. The number of benzene rings is 2. The molecule has 2 aliphatic rings. The van der Waals surface area contributed by atoms with Crippen LogP contribution in [0.4, 0.5) is 4.39 Å². The Morgan fingerprint density at radius 2 is 1.63 bits per heavy atom. The predicted octanol–water partition coefficient (Wildman–Crippen LogP) is 8.03. The first-order valence-electron chi connectivity index (χ1n) is 12.1. The van der Waals surface area contributed by atoms with Crippen molar-refractivity contribution >= 4 is 0 Å². The van der Waals surface area contributed by atoms with Crippen LogP contribution in [-0.4, -0.2) is 0 Å². The molecule has 0 unspecified atom stereocenters. The zero-order chi connectivity index (χ0) is 20.8. The second-order valence-corrected chi connectivity index (χ2v) is 9.46. The van der Waals surface area contributed by atoms with E-state index in [1.54, 1.807) is 17.7 Å². The third-order valence-corrected chi connectivity index (χ3v) is 7.33. The van der Waals surface area contributed by atoms with E-state index in [9.17, 15) is 4.39 Å². The lowest BCUT2D eigenvalue weighted by atomic mass is 9.64. The first-order chi connectivity index (χ1) is 14.7. The van der Waals surface area contributed by atoms with E-state index in [1.807, 2.05) is 0 Å². The van der Waals surface area contributed by atoms with Crippen molar-refractivity contribution in [1.82, 2.24) is 0 Å². The smallest absolute Gasteiger partial charge is 0.123 e. The van der Waals surface area contributed by atoms with Gasteiger partial charge in [-0.3, -0.25) is 0 Å². The maximum atomic E-state index is 13.1. The van der Waals surface area contributed by atoms with Crippen molar-refractivity contribution in [3.05, 3.63) is 70.5 Å². The zero-order valence-electron chi connectivity index (χ0n) is 18.4. The summed E-state index contributed by atoms with van der Waals surface area (Å²) in [6, 6.07) is 13.3. The zero-order valence-corrected chi connectivity index (χ0v) is 18.4. The van der Waals surface area contributed by atoms with Gasteiger partial charge in [0.15, 0.2) is 0 Å². The summed E-state index contributed by atoms with van der Waals surface area (Å²) in [5, 5.41) is 0. The largest absolute Gasteiger partial charge is 0.207 e. The number of unbranched alkanes of at least 4 members (excludes halogenated alkanes) is 4. The molecule has 0 radical (unpaired) electrons. The molecule has 3 atom stereocenters. The van der Waals surface area contributed by atoms with Crippen molar-refractivity contribution in [3.63, 3.8) is 0 Å². The summed E-state index contributed by atoms with van der Waals surface area (Å²) in [4.78, 5) is 0. The highest BCUT2D eigenvalue weighted by Crippen LogP contribution is 2.48. The van der Waals surface area contributed by atoms with E-state index in [0.717, 1.165) is 28.9 Å². The van der Waals surface area contributed by atoms with E-state index in [-0.39, 0.29) is 5.82 Å². The Hall–Kier alpha value is -2.07. The van der Waals surface area contributed by atoms with Crippen LogP contribution in [0.5, 0.6) is 0 Å². The molecule has 0 amide bonds. The highest BCUT2D eigenvalue weighted by Gasteiger charge is 2.34. The van der Waals surface area contributed by atoms with Gasteiger partial charge >= 0.3 is 0 Å². The lowest BCUT2D eigenvalue weighted by Gasteiger charge is -2.40. The van der Waals surface area contributed by atoms with Crippen LogP contribution in [0, 0.1) is 29.5 Å². The van der Waals surface area contributed by atoms with E-state index in [1.165, 1.54) is 88.3 Å². The van der Waals surface area contributed by atoms with Crippen molar-refractivity contribution in [2.45, 2.75) is 83.5 Å². The van der Waals surface area contributed by atoms with Crippen LogP contribution >= 0.6 is 0 Å². The maximum absolute atomic E-state index is 13.1. The van der Waals surface area contributed by atoms with Crippen molar-refractivity contribution in [2.24, 2.45) is 11.8 Å². The second kappa shape index (κ2) is 10.3. The monoisotopic (exact) mass is 402 g/mol. The molecule has 0 heterocycles. The minimum Gasteiger partial charge on any atom is -0.207 e. The number of hydrogen-bond acceptors (Lipinski definition) is 0. The van der Waals surface area contributed by atoms with Crippen LogP contribution in [-0.2, 0) is 6.42 Å². The van der Waals surface area contributed by atoms with Gasteiger partial charge < -0.3 is 0 Å². The number of rotatable bonds is 6. The lowest BCUT2D eigenvalue weighted by Crippen LogP contribution is -2.28. The van der Waals surface area contributed by atoms with E-state index < -0.39 is 0 Å². The Labute approximate surface area is 182 Å². The van der Waals surface area contributed by atoms with Crippen LogP contribution < -0.4 is 0 Å². The van der Waals surface area contributed by atoms with Crippen LogP contribution in [0.3, 0.4) is 0 Å². The summed E-state index contributed by atoms with van der Waals surface area (Å²) in [5.74, 6) is 8.86. The third kappa shape index (κ3) is 5.34. The Morgan fingerprint density at radius 3 is 2.47 bits per heavy atom. The fraction of sp³-hybridized carbons (Fsp3) is 0.517. The molecule has 0 aliphatic heterocycles. The average molecular weight is 403 g/mol. The van der Waals surface area contributed by atoms with Gasteiger partial charge in [0.05, 0.1) is 0 Å². The second-order valence-electron chi connectivity index (χ2n) is 9.46. The number of halogens is 1. The van der Waals surface area contributed by atoms with Crippen LogP contribution in [0.25, 0.3) is 0 Å². The quantitative estimate of drug-likeness (QED) is 0.339. The van der Waals surface area contributed by atoms with E-state index in [4.69, 9.17) is 0 Å². The molecular formula is C29H35F. The van der Waals surface area contributed by atoms with Gasteiger partial charge in [0.2, 0.25) is 0 Å². The SMILES string of the molecule is CCCCCCC[C@@H]1CC[C@@H]2c3ccc(C#Cc4ccc(F)cc4)cc3CC[C@@H]2C1. The third-order valence-electron chi connectivity index (χ3n) is 7.33. The van der Waals surface area contributed by atoms with Crippen molar-refractivity contribution in [1.29, 1.82) is 0 Å². The molecule has 2 aliphatic carbocycles. The molecule has 4 rings (SSSR count). The predicted molar refractivity (Wildman–Crippen MR) is 124 cm³/mol. The van der Waals surface area contributed by atoms with Crippen molar-refractivity contribution in [2.75, 3.05) is 0 Å². The van der Waals surface area contributed by atoms with E-state index >= 15 is 0 Å². The maximum Gasteiger partial charge on any atom is 0.123 e. The molecule has 1 fully saturated rings. The molecular weight excluding hydrogens is 367 g/mol. The molecule has 0 aromatic heterocycles. The van der Waals surface area contributed by atoms with Gasteiger partial charge in [-0.2, -0.15) is 0 Å². The van der Waals surface area contributed by atoms with Gasteiger partial charge in [-0.05, 0) is 97.4 Å². The average Bonchev–Trinajstić information content (AvgIpc) is 2.78. The highest BCUT2D eigenvalue weighted by molar-refractivity contribution is 5.47. The number of hydrogen-bond donors (Lipinski definition) is 0. The minimum atomic E-state index is -0.213. The van der Waals surface area contributed by atoms with Gasteiger partial charge in [0, 0.05) is 11.1 Å². The summed E-state index contributed by atoms with van der Waals surface area (Å²) in [6.07, 6.45) is 15.3. The summed E-state index contributed by atoms with van der Waals surface area (Å²) >= 11 is 0. The molecule has 1 heteroatoms. The van der Waals surface area contributed by atoms with Crippen molar-refractivity contribution in [3.8, 4) is 11.8 Å². The Bertz CT molecular complexity index is 883. The first-order valence-corrected chi connectivity index (χ1v) is 12.1. The van der Waals surface area contributed by atoms with Crippen LogP contribution in [0.1, 0.15) is 99.3 Å². The van der Waals surface area contributed by atoms with E-state index in [2.05, 4.69) is 37.0 Å². The van der Waals surface area contributed by atoms with Gasteiger partial charge in [-0.25, -0.2) is 4.39 Å². The standard InChI is InChI=1S/C29H35F/c1-2-3-4-5-6-7-23-12-18-28-25(20-23)14-15-26-21-24(13-19-29(26)28)9-8-22-10-16-27(30)17-11-22/h10-11,13,16-17,19,21,23,25,28H,2-7,12,14-15,18,20H2,1H3/t23-,25-,28+/m1/s1. The Morgan fingerprint density at radius 1 is 0.867 bits per heavy atom. The molecule has 0 saturated heterocycles. The van der Waals surface area contributed by atoms with Gasteiger partial charge in [0.1, 0.15) is 5.82 Å². The Kier molecular flexibility index (Phi) is 7.27. The van der Waals surface area contributed by atoms with Crippen LogP contribution in [0.2, 0.25) is 0 Å². The summed E-state index contributed by atoms with van der Waals surface area (Å²) in [7, 11) is 0. The molecule has 158 valence electrons. The van der Waals surface area contributed by atoms with E-state index in [0.29, 0.717) is 0 Å². The van der Waals surface area contributed by atoms with Gasteiger partial charge in [-0.15, -0.1) is 0 Å². The van der Waals surface area contributed by atoms with Gasteiger partial charge in [-0.1, -0.05) is 63.4 Å². The fourth-order valence-electron chi connectivity index (χ4n) is 5.67. The summed E-state index contributed by atoms with van der Waals surface area (Å²) < 4.78 is 13.1. The molecule has 2 aromatic rings. The van der Waals surface area contributed by atoms with Crippen LogP contribution in [0.15, 0.2) is 42.5 Å². The van der Waals surface area contributed by atoms with Gasteiger partial charge in [0.25, 0.3) is 0 Å².